The lowest BCUT2D eigenvalue weighted by molar-refractivity contribution is -0.116. The number of hydrogen-bond acceptors (Lipinski definition) is 3. The van der Waals surface area contributed by atoms with Crippen LogP contribution in [-0.2, 0) is 11.3 Å². The average Bonchev–Trinajstić information content (AvgIpc) is 2.60. The SMILES string of the molecule is Cc1ccc(-c2cc(=O)n(CC(=O)Nc3ccc(C)c(F)c3)cn2)cc1. The fourth-order valence-electron chi connectivity index (χ4n) is 2.45. The van der Waals surface area contributed by atoms with Crippen molar-refractivity contribution in [2.75, 3.05) is 5.32 Å². The summed E-state index contributed by atoms with van der Waals surface area (Å²) >= 11 is 0. The van der Waals surface area contributed by atoms with E-state index >= 15 is 0 Å². The lowest BCUT2D eigenvalue weighted by Crippen LogP contribution is -2.27. The van der Waals surface area contributed by atoms with Crippen LogP contribution < -0.4 is 10.9 Å². The zero-order chi connectivity index (χ0) is 18.7. The molecule has 1 heterocycles. The van der Waals surface area contributed by atoms with E-state index in [1.165, 1.54) is 23.0 Å². The van der Waals surface area contributed by atoms with Gasteiger partial charge >= 0.3 is 0 Å². The van der Waals surface area contributed by atoms with Crippen molar-refractivity contribution >= 4 is 11.6 Å². The van der Waals surface area contributed by atoms with Gasteiger partial charge in [-0.1, -0.05) is 35.9 Å². The zero-order valence-corrected chi connectivity index (χ0v) is 14.5. The maximum atomic E-state index is 13.5. The Balaban J connectivity index is 1.73. The van der Waals surface area contributed by atoms with Crippen molar-refractivity contribution in [2.45, 2.75) is 20.4 Å². The highest BCUT2D eigenvalue weighted by Gasteiger charge is 2.08. The number of anilines is 1. The van der Waals surface area contributed by atoms with Crippen molar-refractivity contribution in [1.82, 2.24) is 9.55 Å². The Hall–Kier alpha value is -3.28. The summed E-state index contributed by atoms with van der Waals surface area (Å²) in [5, 5.41) is 2.57. The Morgan fingerprint density at radius 3 is 2.50 bits per heavy atom. The van der Waals surface area contributed by atoms with Crippen molar-refractivity contribution in [3.8, 4) is 11.3 Å². The summed E-state index contributed by atoms with van der Waals surface area (Å²) in [6.45, 7) is 3.42. The van der Waals surface area contributed by atoms with Gasteiger partial charge in [0.15, 0.2) is 0 Å². The van der Waals surface area contributed by atoms with Crippen LogP contribution in [0.25, 0.3) is 11.3 Å². The number of hydrogen-bond donors (Lipinski definition) is 1. The summed E-state index contributed by atoms with van der Waals surface area (Å²) in [5.41, 5.74) is 3.00. The molecule has 0 bridgehead atoms. The van der Waals surface area contributed by atoms with Crippen molar-refractivity contribution in [3.63, 3.8) is 0 Å². The van der Waals surface area contributed by atoms with Crippen molar-refractivity contribution in [3.05, 3.63) is 82.2 Å². The number of nitrogens with one attached hydrogen (secondary N) is 1. The van der Waals surface area contributed by atoms with Gasteiger partial charge in [0, 0.05) is 17.3 Å². The Labute approximate surface area is 150 Å². The minimum atomic E-state index is -0.430. The lowest BCUT2D eigenvalue weighted by atomic mass is 10.1. The third-order valence-corrected chi connectivity index (χ3v) is 4.00. The minimum Gasteiger partial charge on any atom is -0.324 e. The Bertz CT molecular complexity index is 1010. The second kappa shape index (κ2) is 7.31. The second-order valence-corrected chi connectivity index (χ2v) is 6.12. The molecule has 0 saturated carbocycles. The van der Waals surface area contributed by atoms with Gasteiger partial charge in [-0.25, -0.2) is 9.37 Å². The van der Waals surface area contributed by atoms with Crippen LogP contribution in [0.4, 0.5) is 10.1 Å². The maximum absolute atomic E-state index is 13.5. The molecule has 132 valence electrons. The molecule has 0 fully saturated rings. The molecule has 0 spiro atoms. The molecule has 5 nitrogen and oxygen atoms in total. The fraction of sp³-hybridized carbons (Fsp3) is 0.150. The first-order chi connectivity index (χ1) is 12.4. The monoisotopic (exact) mass is 351 g/mol. The second-order valence-electron chi connectivity index (χ2n) is 6.12. The highest BCUT2D eigenvalue weighted by atomic mass is 19.1. The van der Waals surface area contributed by atoms with E-state index in [4.69, 9.17) is 0 Å². The molecule has 3 rings (SSSR count). The zero-order valence-electron chi connectivity index (χ0n) is 14.5. The molecule has 0 aliphatic rings. The molecule has 1 amide bonds. The third kappa shape index (κ3) is 4.03. The van der Waals surface area contributed by atoms with E-state index in [2.05, 4.69) is 10.3 Å². The van der Waals surface area contributed by atoms with Crippen LogP contribution >= 0.6 is 0 Å². The first-order valence-electron chi connectivity index (χ1n) is 8.12. The summed E-state index contributed by atoms with van der Waals surface area (Å²) in [7, 11) is 0. The van der Waals surface area contributed by atoms with Gasteiger partial charge in [-0.15, -0.1) is 0 Å². The van der Waals surface area contributed by atoms with E-state index in [0.29, 0.717) is 16.9 Å². The number of nitrogens with zero attached hydrogens (tertiary/aromatic N) is 2. The molecule has 1 N–H and O–H groups in total. The van der Waals surface area contributed by atoms with Crippen molar-refractivity contribution < 1.29 is 9.18 Å². The number of amides is 1. The van der Waals surface area contributed by atoms with E-state index in [-0.39, 0.29) is 12.1 Å². The number of benzene rings is 2. The molecule has 0 radical (unpaired) electrons. The van der Waals surface area contributed by atoms with Crippen LogP contribution in [0.3, 0.4) is 0 Å². The predicted octanol–water partition coefficient (Wildman–Crippen LogP) is 3.30. The van der Waals surface area contributed by atoms with Gasteiger partial charge in [0.1, 0.15) is 12.4 Å². The van der Waals surface area contributed by atoms with Gasteiger partial charge in [-0.3, -0.25) is 14.2 Å². The Kier molecular flexibility index (Phi) is 4.93. The van der Waals surface area contributed by atoms with E-state index in [1.807, 2.05) is 31.2 Å². The fourth-order valence-corrected chi connectivity index (χ4v) is 2.45. The molecule has 2 aromatic carbocycles. The van der Waals surface area contributed by atoms with Gasteiger partial charge in [0.25, 0.3) is 5.56 Å². The molecular formula is C20H18FN3O2. The van der Waals surface area contributed by atoms with E-state index in [0.717, 1.165) is 11.1 Å². The molecule has 0 aliphatic heterocycles. The first kappa shape index (κ1) is 17.5. The summed E-state index contributed by atoms with van der Waals surface area (Å²) < 4.78 is 14.7. The van der Waals surface area contributed by atoms with Gasteiger partial charge < -0.3 is 5.32 Å². The van der Waals surface area contributed by atoms with E-state index < -0.39 is 11.7 Å². The predicted molar refractivity (Wildman–Crippen MR) is 98.4 cm³/mol. The normalized spacial score (nSPS) is 10.6. The number of rotatable bonds is 4. The lowest BCUT2D eigenvalue weighted by Gasteiger charge is -2.09. The van der Waals surface area contributed by atoms with Crippen LogP contribution in [-0.4, -0.2) is 15.5 Å². The summed E-state index contributed by atoms with van der Waals surface area (Å²) in [4.78, 5) is 28.6. The van der Waals surface area contributed by atoms with E-state index in [9.17, 15) is 14.0 Å². The highest BCUT2D eigenvalue weighted by molar-refractivity contribution is 5.90. The highest BCUT2D eigenvalue weighted by Crippen LogP contribution is 2.16. The molecule has 3 aromatic rings. The third-order valence-electron chi connectivity index (χ3n) is 4.00. The van der Waals surface area contributed by atoms with Gasteiger partial charge in [-0.05, 0) is 31.5 Å². The number of halogens is 1. The topological polar surface area (TPSA) is 64.0 Å². The molecule has 0 saturated heterocycles. The number of carbonyl (C=O) groups is 1. The maximum Gasteiger partial charge on any atom is 0.254 e. The standard InChI is InChI=1S/C20H18FN3O2/c1-13-3-6-15(7-4-13)18-10-20(26)24(12-22-18)11-19(25)23-16-8-5-14(2)17(21)9-16/h3-10,12H,11H2,1-2H3,(H,23,25). The quantitative estimate of drug-likeness (QED) is 0.784. The van der Waals surface area contributed by atoms with Gasteiger partial charge in [0.05, 0.1) is 12.0 Å². The summed E-state index contributed by atoms with van der Waals surface area (Å²) in [6.07, 6.45) is 1.34. The molecule has 26 heavy (non-hydrogen) atoms. The van der Waals surface area contributed by atoms with Crippen molar-refractivity contribution in [2.24, 2.45) is 0 Å². The Morgan fingerprint density at radius 2 is 1.85 bits per heavy atom. The van der Waals surface area contributed by atoms with Crippen LogP contribution in [0, 0.1) is 19.7 Å². The first-order valence-corrected chi connectivity index (χ1v) is 8.12. The average molecular weight is 351 g/mol. The van der Waals surface area contributed by atoms with Gasteiger partial charge in [-0.2, -0.15) is 0 Å². The molecular weight excluding hydrogens is 333 g/mol. The molecule has 0 aliphatic carbocycles. The number of carbonyl (C=O) groups excluding carboxylic acids is 1. The molecule has 6 heteroatoms. The van der Waals surface area contributed by atoms with Crippen LogP contribution in [0.15, 0.2) is 59.7 Å². The molecule has 0 atom stereocenters. The van der Waals surface area contributed by atoms with Crippen LogP contribution in [0.5, 0.6) is 0 Å². The van der Waals surface area contributed by atoms with E-state index in [1.54, 1.807) is 19.1 Å². The molecule has 0 unspecified atom stereocenters. The largest absolute Gasteiger partial charge is 0.324 e. The number of aromatic nitrogens is 2. The molecule has 1 aromatic heterocycles. The summed E-state index contributed by atoms with van der Waals surface area (Å²) in [6, 6.07) is 13.5. The number of aryl methyl sites for hydroxylation is 2. The summed E-state index contributed by atoms with van der Waals surface area (Å²) in [5.74, 6) is -0.829. The van der Waals surface area contributed by atoms with Gasteiger partial charge in [0.2, 0.25) is 5.91 Å². The minimum absolute atomic E-state index is 0.199. The van der Waals surface area contributed by atoms with Crippen LogP contribution in [0.2, 0.25) is 0 Å². The van der Waals surface area contributed by atoms with Crippen molar-refractivity contribution in [1.29, 1.82) is 0 Å². The smallest absolute Gasteiger partial charge is 0.254 e. The Morgan fingerprint density at radius 1 is 1.12 bits per heavy atom. The van der Waals surface area contributed by atoms with Crippen LogP contribution in [0.1, 0.15) is 11.1 Å².